The van der Waals surface area contributed by atoms with Gasteiger partial charge in [-0.25, -0.2) is 9.67 Å². The van der Waals surface area contributed by atoms with Gasteiger partial charge in [0, 0.05) is 10.7 Å². The summed E-state index contributed by atoms with van der Waals surface area (Å²) < 4.78 is 41.0. The summed E-state index contributed by atoms with van der Waals surface area (Å²) in [4.78, 5) is 4.01. The number of nitrogens with two attached hydrogens (primary N) is 1. The molecule has 0 aliphatic carbocycles. The summed E-state index contributed by atoms with van der Waals surface area (Å²) >= 11 is 18.0. The molecule has 0 radical (unpaired) electrons. The van der Waals surface area contributed by atoms with Gasteiger partial charge in [-0.3, -0.25) is 0 Å². The molecule has 0 amide bonds. The lowest BCUT2D eigenvalue weighted by Crippen LogP contribution is -2.08. The second-order valence-corrected chi connectivity index (χ2v) is 6.27. The standard InChI is InChI=1S/C14H8Cl3F3N4/c1-5-2-7(14(18,19)20)10-12(21)24(23-13(10)22-5)11-8(16)3-6(15)4-9(11)17/h2-4H,21H2,1H3. The highest BCUT2D eigenvalue weighted by Crippen LogP contribution is 2.40. The first-order valence-corrected chi connectivity index (χ1v) is 7.61. The van der Waals surface area contributed by atoms with E-state index < -0.39 is 11.7 Å². The number of alkyl halides is 3. The minimum Gasteiger partial charge on any atom is -0.383 e. The number of aromatic nitrogens is 3. The molecule has 0 fully saturated rings. The predicted octanol–water partition coefficient (Wildman–Crippen LogP) is 5.29. The van der Waals surface area contributed by atoms with E-state index in [9.17, 15) is 13.2 Å². The summed E-state index contributed by atoms with van der Waals surface area (Å²) in [6.45, 7) is 1.44. The van der Waals surface area contributed by atoms with E-state index >= 15 is 0 Å². The lowest BCUT2D eigenvalue weighted by Gasteiger charge is -2.10. The van der Waals surface area contributed by atoms with Gasteiger partial charge in [-0.2, -0.15) is 13.2 Å². The third-order valence-electron chi connectivity index (χ3n) is 3.31. The molecule has 2 aromatic heterocycles. The second-order valence-electron chi connectivity index (χ2n) is 5.02. The topological polar surface area (TPSA) is 56.7 Å². The molecular formula is C14H8Cl3F3N4. The maximum absolute atomic E-state index is 13.3. The molecule has 24 heavy (non-hydrogen) atoms. The first kappa shape index (κ1) is 17.1. The number of fused-ring (bicyclic) bond motifs is 1. The Hall–Kier alpha value is -1.70. The highest BCUT2D eigenvalue weighted by Gasteiger charge is 2.35. The number of aryl methyl sites for hydroxylation is 1. The zero-order chi connectivity index (χ0) is 17.8. The minimum absolute atomic E-state index is 0.0947. The maximum Gasteiger partial charge on any atom is 0.417 e. The largest absolute Gasteiger partial charge is 0.417 e. The predicted molar refractivity (Wildman–Crippen MR) is 88.0 cm³/mol. The van der Waals surface area contributed by atoms with E-state index in [4.69, 9.17) is 40.5 Å². The van der Waals surface area contributed by atoms with Crippen LogP contribution < -0.4 is 5.73 Å². The van der Waals surface area contributed by atoms with Gasteiger partial charge in [0.2, 0.25) is 0 Å². The van der Waals surface area contributed by atoms with Crippen LogP contribution in [-0.2, 0) is 6.18 Å². The summed E-state index contributed by atoms with van der Waals surface area (Å²) in [7, 11) is 0. The lowest BCUT2D eigenvalue weighted by atomic mass is 10.1. The lowest BCUT2D eigenvalue weighted by molar-refractivity contribution is -0.136. The summed E-state index contributed by atoms with van der Waals surface area (Å²) in [5.74, 6) is -0.268. The highest BCUT2D eigenvalue weighted by atomic mass is 35.5. The molecule has 0 unspecified atom stereocenters. The molecule has 3 aromatic rings. The molecule has 3 rings (SSSR count). The number of nitrogen functional groups attached to an aromatic ring is 1. The molecule has 0 aliphatic rings. The van der Waals surface area contributed by atoms with Crippen molar-refractivity contribution in [1.82, 2.24) is 14.8 Å². The van der Waals surface area contributed by atoms with E-state index in [2.05, 4.69) is 10.1 Å². The van der Waals surface area contributed by atoms with Gasteiger partial charge < -0.3 is 5.73 Å². The molecular weight excluding hydrogens is 388 g/mol. The molecule has 0 saturated heterocycles. The SMILES string of the molecule is Cc1cc(C(F)(F)F)c2c(N)n(-c3c(Cl)cc(Cl)cc3Cl)nc2n1. The number of benzene rings is 1. The number of nitrogens with zero attached hydrogens (tertiary/aromatic N) is 3. The Morgan fingerprint density at radius 2 is 1.67 bits per heavy atom. The van der Waals surface area contributed by atoms with E-state index in [-0.39, 0.29) is 43.3 Å². The van der Waals surface area contributed by atoms with Crippen molar-refractivity contribution in [2.45, 2.75) is 13.1 Å². The molecule has 0 atom stereocenters. The Morgan fingerprint density at radius 1 is 1.08 bits per heavy atom. The van der Waals surface area contributed by atoms with Crippen LogP contribution in [0.4, 0.5) is 19.0 Å². The summed E-state index contributed by atoms with van der Waals surface area (Å²) in [6.07, 6.45) is -4.61. The molecule has 4 nitrogen and oxygen atoms in total. The fourth-order valence-corrected chi connectivity index (χ4v) is 3.34. The zero-order valence-corrected chi connectivity index (χ0v) is 14.2. The number of anilines is 1. The van der Waals surface area contributed by atoms with Crippen molar-refractivity contribution in [3.8, 4) is 5.69 Å². The quantitative estimate of drug-likeness (QED) is 0.609. The van der Waals surface area contributed by atoms with E-state index in [1.807, 2.05) is 0 Å². The van der Waals surface area contributed by atoms with Crippen LogP contribution in [0.2, 0.25) is 15.1 Å². The van der Waals surface area contributed by atoms with E-state index in [0.29, 0.717) is 0 Å². The first-order valence-electron chi connectivity index (χ1n) is 6.47. The van der Waals surface area contributed by atoms with Crippen molar-refractivity contribution in [1.29, 1.82) is 0 Å². The molecule has 0 bridgehead atoms. The number of rotatable bonds is 1. The normalized spacial score (nSPS) is 12.1. The molecule has 1 aromatic carbocycles. The average molecular weight is 396 g/mol. The van der Waals surface area contributed by atoms with Crippen molar-refractivity contribution >= 4 is 51.7 Å². The Morgan fingerprint density at radius 3 is 2.21 bits per heavy atom. The summed E-state index contributed by atoms with van der Waals surface area (Å²) in [5.41, 5.74) is 5.12. The monoisotopic (exact) mass is 394 g/mol. The molecule has 0 spiro atoms. The van der Waals surface area contributed by atoms with Crippen molar-refractivity contribution in [3.63, 3.8) is 0 Å². The number of hydrogen-bond acceptors (Lipinski definition) is 3. The van der Waals surface area contributed by atoms with Gasteiger partial charge in [-0.1, -0.05) is 34.8 Å². The van der Waals surface area contributed by atoms with Crippen LogP contribution in [0, 0.1) is 6.92 Å². The van der Waals surface area contributed by atoms with Gasteiger partial charge in [-0.05, 0) is 25.1 Å². The molecule has 0 saturated carbocycles. The number of hydrogen-bond donors (Lipinski definition) is 1. The van der Waals surface area contributed by atoms with Crippen molar-refractivity contribution in [2.24, 2.45) is 0 Å². The second kappa shape index (κ2) is 5.68. The Balaban J connectivity index is 2.39. The Bertz CT molecular complexity index is 943. The van der Waals surface area contributed by atoms with Gasteiger partial charge in [0.1, 0.15) is 11.5 Å². The Labute approximate surface area is 148 Å². The molecule has 2 N–H and O–H groups in total. The third kappa shape index (κ3) is 2.76. The smallest absolute Gasteiger partial charge is 0.383 e. The van der Waals surface area contributed by atoms with Crippen molar-refractivity contribution in [2.75, 3.05) is 5.73 Å². The van der Waals surface area contributed by atoms with Crippen LogP contribution in [0.15, 0.2) is 18.2 Å². The summed E-state index contributed by atoms with van der Waals surface area (Å²) in [6, 6.07) is 3.69. The van der Waals surface area contributed by atoms with Crippen molar-refractivity contribution in [3.05, 3.63) is 44.5 Å². The van der Waals surface area contributed by atoms with Crippen LogP contribution >= 0.6 is 34.8 Å². The zero-order valence-electron chi connectivity index (χ0n) is 11.9. The molecule has 0 aliphatic heterocycles. The van der Waals surface area contributed by atoms with Crippen LogP contribution in [0.25, 0.3) is 16.7 Å². The fourth-order valence-electron chi connectivity index (χ4n) is 2.37. The molecule has 126 valence electrons. The number of halogens is 6. The molecule has 2 heterocycles. The average Bonchev–Trinajstić information content (AvgIpc) is 2.72. The van der Waals surface area contributed by atoms with Crippen LogP contribution in [-0.4, -0.2) is 14.8 Å². The van der Waals surface area contributed by atoms with Crippen LogP contribution in [0.1, 0.15) is 11.3 Å². The van der Waals surface area contributed by atoms with Gasteiger partial charge in [0.25, 0.3) is 0 Å². The third-order valence-corrected chi connectivity index (χ3v) is 4.10. The van der Waals surface area contributed by atoms with E-state index in [1.165, 1.54) is 19.1 Å². The molecule has 10 heteroatoms. The van der Waals surface area contributed by atoms with Crippen molar-refractivity contribution < 1.29 is 13.2 Å². The van der Waals surface area contributed by atoms with Gasteiger partial charge >= 0.3 is 6.18 Å². The van der Waals surface area contributed by atoms with Gasteiger partial charge in [-0.15, -0.1) is 5.10 Å². The van der Waals surface area contributed by atoms with Gasteiger partial charge in [0.05, 0.1) is 21.0 Å². The highest BCUT2D eigenvalue weighted by molar-refractivity contribution is 6.40. The van der Waals surface area contributed by atoms with Crippen LogP contribution in [0.3, 0.4) is 0 Å². The van der Waals surface area contributed by atoms with E-state index in [0.717, 1.165) is 10.7 Å². The van der Waals surface area contributed by atoms with E-state index in [1.54, 1.807) is 0 Å². The maximum atomic E-state index is 13.3. The fraction of sp³-hybridized carbons (Fsp3) is 0.143. The number of pyridine rings is 1. The Kier molecular flexibility index (Phi) is 4.06. The van der Waals surface area contributed by atoms with Gasteiger partial charge in [0.15, 0.2) is 5.65 Å². The first-order chi connectivity index (χ1) is 11.1. The minimum atomic E-state index is -4.61. The van der Waals surface area contributed by atoms with Crippen LogP contribution in [0.5, 0.6) is 0 Å². The summed E-state index contributed by atoms with van der Waals surface area (Å²) in [5, 5.41) is 4.19.